The number of hydrogen-bond acceptors (Lipinski definition) is 5. The van der Waals surface area contributed by atoms with Crippen LogP contribution < -0.4 is 15.5 Å². The van der Waals surface area contributed by atoms with Gasteiger partial charge in [-0.2, -0.15) is 0 Å². The van der Waals surface area contributed by atoms with E-state index in [1.807, 2.05) is 36.6 Å². The summed E-state index contributed by atoms with van der Waals surface area (Å²) in [4.78, 5) is 33.2. The lowest BCUT2D eigenvalue weighted by molar-refractivity contribution is 0.0923. The molecule has 0 aliphatic carbocycles. The van der Waals surface area contributed by atoms with Gasteiger partial charge in [0, 0.05) is 25.0 Å². The number of ether oxygens (including phenoxy) is 1. The Kier molecular flexibility index (Phi) is 7.08. The molecule has 3 heterocycles. The quantitative estimate of drug-likeness (QED) is 0.597. The Labute approximate surface area is 194 Å². The normalized spacial score (nSPS) is 15.4. The van der Waals surface area contributed by atoms with Crippen molar-refractivity contribution in [2.75, 3.05) is 26.7 Å². The smallest absolute Gasteiger partial charge is 0.256 e. The molecule has 0 spiro atoms. The van der Waals surface area contributed by atoms with E-state index in [4.69, 9.17) is 4.74 Å². The molecule has 7 nitrogen and oxygen atoms in total. The Morgan fingerprint density at radius 3 is 2.52 bits per heavy atom. The van der Waals surface area contributed by atoms with Crippen molar-refractivity contribution in [2.45, 2.75) is 45.7 Å². The topological polar surface area (TPSA) is 76.5 Å². The van der Waals surface area contributed by atoms with Crippen LogP contribution in [-0.4, -0.2) is 47.1 Å². The van der Waals surface area contributed by atoms with Gasteiger partial charge >= 0.3 is 0 Å². The van der Waals surface area contributed by atoms with Crippen LogP contribution in [0.5, 0.6) is 5.75 Å². The first-order chi connectivity index (χ1) is 16.0. The minimum Gasteiger partial charge on any atom is -0.497 e. The molecular formula is C26H32N4O3. The third kappa shape index (κ3) is 4.93. The van der Waals surface area contributed by atoms with Gasteiger partial charge in [0.05, 0.1) is 18.5 Å². The fourth-order valence-corrected chi connectivity index (χ4v) is 4.56. The minimum absolute atomic E-state index is 0.0401. The van der Waals surface area contributed by atoms with E-state index in [1.165, 1.54) is 6.42 Å². The van der Waals surface area contributed by atoms with Gasteiger partial charge < -0.3 is 14.6 Å². The minimum atomic E-state index is -0.347. The van der Waals surface area contributed by atoms with Gasteiger partial charge in [-0.05, 0) is 69.6 Å². The van der Waals surface area contributed by atoms with Gasteiger partial charge in [-0.3, -0.25) is 14.5 Å². The lowest BCUT2D eigenvalue weighted by atomic mass is 10.0. The highest BCUT2D eigenvalue weighted by atomic mass is 16.5. The first-order valence-electron chi connectivity index (χ1n) is 11.7. The van der Waals surface area contributed by atoms with Crippen molar-refractivity contribution in [3.05, 3.63) is 69.6 Å². The van der Waals surface area contributed by atoms with Crippen molar-refractivity contribution in [2.24, 2.45) is 0 Å². The van der Waals surface area contributed by atoms with Crippen LogP contribution in [0.15, 0.2) is 47.4 Å². The Bertz CT molecular complexity index is 1180. The highest BCUT2D eigenvalue weighted by molar-refractivity contribution is 5.96. The molecule has 1 atom stereocenters. The zero-order valence-electron chi connectivity index (χ0n) is 19.6. The number of amides is 1. The number of fused-ring (bicyclic) bond motifs is 1. The molecule has 1 saturated heterocycles. The van der Waals surface area contributed by atoms with Crippen molar-refractivity contribution in [3.8, 4) is 5.75 Å². The monoisotopic (exact) mass is 448 g/mol. The van der Waals surface area contributed by atoms with Crippen LogP contribution in [0, 0.1) is 6.92 Å². The molecule has 3 aromatic rings. The maximum atomic E-state index is 13.2. The van der Waals surface area contributed by atoms with Crippen molar-refractivity contribution in [1.82, 2.24) is 19.8 Å². The number of aryl methyl sites for hydroxylation is 2. The van der Waals surface area contributed by atoms with Gasteiger partial charge in [0.15, 0.2) is 0 Å². The molecule has 0 radical (unpaired) electrons. The highest BCUT2D eigenvalue weighted by Crippen LogP contribution is 2.26. The Morgan fingerprint density at radius 2 is 1.85 bits per heavy atom. The molecule has 0 bridgehead atoms. The number of methoxy groups -OCH3 is 1. The maximum absolute atomic E-state index is 13.2. The molecule has 1 fully saturated rings. The van der Waals surface area contributed by atoms with Crippen LogP contribution in [-0.2, 0) is 6.54 Å². The summed E-state index contributed by atoms with van der Waals surface area (Å²) in [5.74, 6) is 0.459. The molecular weight excluding hydrogens is 416 g/mol. The molecule has 1 amide bonds. The summed E-state index contributed by atoms with van der Waals surface area (Å²) < 4.78 is 7.17. The first kappa shape index (κ1) is 23.0. The fourth-order valence-electron chi connectivity index (χ4n) is 4.56. The van der Waals surface area contributed by atoms with Gasteiger partial charge in [0.1, 0.15) is 17.0 Å². The van der Waals surface area contributed by atoms with Gasteiger partial charge in [-0.25, -0.2) is 4.98 Å². The molecule has 4 rings (SSSR count). The number of nitrogens with one attached hydrogen (secondary N) is 1. The second kappa shape index (κ2) is 10.2. The third-order valence-corrected chi connectivity index (χ3v) is 6.43. The fraction of sp³-hybridized carbons (Fsp3) is 0.423. The predicted molar refractivity (Wildman–Crippen MR) is 130 cm³/mol. The Balaban J connectivity index is 1.60. The van der Waals surface area contributed by atoms with E-state index < -0.39 is 0 Å². The van der Waals surface area contributed by atoms with E-state index >= 15 is 0 Å². The number of carbonyl (C=O) groups is 1. The highest BCUT2D eigenvalue weighted by Gasteiger charge is 2.24. The number of nitrogens with zero attached hydrogens (tertiary/aromatic N) is 3. The number of likely N-dealkylation sites (tertiary alicyclic amines) is 1. The van der Waals surface area contributed by atoms with Crippen molar-refractivity contribution < 1.29 is 9.53 Å². The van der Waals surface area contributed by atoms with Crippen molar-refractivity contribution in [1.29, 1.82) is 0 Å². The lowest BCUT2D eigenvalue weighted by Crippen LogP contribution is -2.41. The van der Waals surface area contributed by atoms with E-state index in [0.29, 0.717) is 24.1 Å². The van der Waals surface area contributed by atoms with E-state index in [9.17, 15) is 9.59 Å². The third-order valence-electron chi connectivity index (χ3n) is 6.43. The number of rotatable bonds is 7. The van der Waals surface area contributed by atoms with Crippen LogP contribution in [0.25, 0.3) is 11.0 Å². The SMILES string of the molecule is CCn1cc(C(=O)NC[C@H](c2ccc(OC)cc2)N2CCCCC2)c(=O)c2ccc(C)nc21. The van der Waals surface area contributed by atoms with Crippen LogP contribution >= 0.6 is 0 Å². The molecule has 174 valence electrons. The van der Waals surface area contributed by atoms with Crippen LogP contribution in [0.2, 0.25) is 0 Å². The summed E-state index contributed by atoms with van der Waals surface area (Å²) in [6, 6.07) is 11.6. The molecule has 1 aliphatic heterocycles. The number of pyridine rings is 2. The summed E-state index contributed by atoms with van der Waals surface area (Å²) in [6.45, 7) is 6.92. The van der Waals surface area contributed by atoms with Gasteiger partial charge in [-0.1, -0.05) is 18.6 Å². The van der Waals surface area contributed by atoms with Crippen molar-refractivity contribution in [3.63, 3.8) is 0 Å². The van der Waals surface area contributed by atoms with E-state index in [-0.39, 0.29) is 22.9 Å². The lowest BCUT2D eigenvalue weighted by Gasteiger charge is -2.35. The molecule has 1 aromatic carbocycles. The summed E-state index contributed by atoms with van der Waals surface area (Å²) in [7, 11) is 1.65. The van der Waals surface area contributed by atoms with E-state index in [1.54, 1.807) is 19.4 Å². The average Bonchev–Trinajstić information content (AvgIpc) is 2.85. The van der Waals surface area contributed by atoms with Crippen molar-refractivity contribution >= 4 is 16.9 Å². The molecule has 2 aromatic heterocycles. The maximum Gasteiger partial charge on any atom is 0.256 e. The number of carbonyl (C=O) groups excluding carboxylic acids is 1. The zero-order chi connectivity index (χ0) is 23.4. The second-order valence-electron chi connectivity index (χ2n) is 8.58. The van der Waals surface area contributed by atoms with E-state index in [2.05, 4.69) is 27.3 Å². The standard InChI is InChI=1S/C26H32N4O3/c1-4-29-17-22(24(31)21-13-8-18(2)28-25(21)29)26(32)27-16-23(30-14-6-5-7-15-30)19-9-11-20(33-3)12-10-19/h8-13,17,23H,4-7,14-16H2,1-3H3,(H,27,32)/t23-/m1/s1. The largest absolute Gasteiger partial charge is 0.497 e. The summed E-state index contributed by atoms with van der Waals surface area (Å²) in [5, 5.41) is 3.52. The van der Waals surface area contributed by atoms with Gasteiger partial charge in [-0.15, -0.1) is 0 Å². The van der Waals surface area contributed by atoms with Crippen LogP contribution in [0.3, 0.4) is 0 Å². The molecule has 7 heteroatoms. The first-order valence-corrected chi connectivity index (χ1v) is 11.7. The molecule has 1 N–H and O–H groups in total. The van der Waals surface area contributed by atoms with Crippen LogP contribution in [0.4, 0.5) is 0 Å². The number of piperidine rings is 1. The van der Waals surface area contributed by atoms with Gasteiger partial charge in [0.25, 0.3) is 5.91 Å². The molecule has 0 saturated carbocycles. The van der Waals surface area contributed by atoms with Gasteiger partial charge in [0.2, 0.25) is 5.43 Å². The van der Waals surface area contributed by atoms with Crippen LogP contribution in [0.1, 0.15) is 53.8 Å². The molecule has 1 aliphatic rings. The molecule has 0 unspecified atom stereocenters. The second-order valence-corrected chi connectivity index (χ2v) is 8.58. The number of benzene rings is 1. The number of aromatic nitrogens is 2. The average molecular weight is 449 g/mol. The molecule has 33 heavy (non-hydrogen) atoms. The summed E-state index contributed by atoms with van der Waals surface area (Å²) in [6.07, 6.45) is 5.17. The van der Waals surface area contributed by atoms with E-state index in [0.717, 1.165) is 42.9 Å². The Hall–Kier alpha value is -3.19. The number of hydrogen-bond donors (Lipinski definition) is 1. The zero-order valence-corrected chi connectivity index (χ0v) is 19.6. The summed E-state index contributed by atoms with van der Waals surface area (Å²) >= 11 is 0. The summed E-state index contributed by atoms with van der Waals surface area (Å²) in [5.41, 5.74) is 2.46. The predicted octanol–water partition coefficient (Wildman–Crippen LogP) is 3.69. The Morgan fingerprint density at radius 1 is 1.12 bits per heavy atom.